The van der Waals surface area contributed by atoms with E-state index in [0.29, 0.717) is 30.0 Å². The van der Waals surface area contributed by atoms with Crippen LogP contribution in [0.1, 0.15) is 22.3 Å². The molecule has 6 nitrogen and oxygen atoms in total. The molecular weight excluding hydrogens is 351 g/mol. The molecule has 0 aliphatic carbocycles. The molecule has 0 fully saturated rings. The topological polar surface area (TPSA) is 76.7 Å². The molecule has 2 aromatic carbocycles. The van der Waals surface area contributed by atoms with Crippen LogP contribution in [-0.2, 0) is 11.2 Å². The lowest BCUT2D eigenvalue weighted by molar-refractivity contribution is -0.120. The fourth-order valence-electron chi connectivity index (χ4n) is 2.42. The summed E-state index contributed by atoms with van der Waals surface area (Å²) in [6.07, 6.45) is 0.776. The van der Waals surface area contributed by atoms with Gasteiger partial charge in [0.1, 0.15) is 17.3 Å². The van der Waals surface area contributed by atoms with Crippen molar-refractivity contribution in [1.82, 2.24) is 10.6 Å². The van der Waals surface area contributed by atoms with Crippen LogP contribution >= 0.6 is 0 Å². The van der Waals surface area contributed by atoms with Gasteiger partial charge in [0.25, 0.3) is 5.91 Å². The van der Waals surface area contributed by atoms with Crippen LogP contribution in [0.15, 0.2) is 42.5 Å². The maximum Gasteiger partial charge on any atom is 0.251 e. The summed E-state index contributed by atoms with van der Waals surface area (Å²) in [4.78, 5) is 24.0. The third-order valence-corrected chi connectivity index (χ3v) is 3.90. The Bertz CT molecular complexity index is 756. The van der Waals surface area contributed by atoms with Crippen molar-refractivity contribution in [2.45, 2.75) is 12.8 Å². The normalized spacial score (nSPS) is 10.2. The summed E-state index contributed by atoms with van der Waals surface area (Å²) in [5.41, 5.74) is 1.33. The Morgan fingerprint density at radius 3 is 2.15 bits per heavy atom. The Labute approximate surface area is 157 Å². The van der Waals surface area contributed by atoms with Gasteiger partial charge in [0.05, 0.1) is 14.2 Å². The maximum atomic E-state index is 12.8. The highest BCUT2D eigenvalue weighted by atomic mass is 19.1. The van der Waals surface area contributed by atoms with Gasteiger partial charge in [-0.2, -0.15) is 0 Å². The van der Waals surface area contributed by atoms with Gasteiger partial charge in [-0.25, -0.2) is 4.39 Å². The fraction of sp³-hybridized carbons (Fsp3) is 0.300. The van der Waals surface area contributed by atoms with Gasteiger partial charge in [-0.15, -0.1) is 0 Å². The molecule has 0 saturated carbocycles. The second-order valence-corrected chi connectivity index (χ2v) is 5.83. The summed E-state index contributed by atoms with van der Waals surface area (Å²) in [5.74, 6) is 0.259. The molecular formula is C20H23FN2O4. The second-order valence-electron chi connectivity index (χ2n) is 5.83. The Kier molecular flexibility index (Phi) is 7.61. The number of benzene rings is 2. The third kappa shape index (κ3) is 6.62. The van der Waals surface area contributed by atoms with Crippen molar-refractivity contribution < 1.29 is 23.5 Å². The van der Waals surface area contributed by atoms with Crippen molar-refractivity contribution in [1.29, 1.82) is 0 Å². The summed E-state index contributed by atoms with van der Waals surface area (Å²) in [5, 5.41) is 5.47. The minimum atomic E-state index is -0.314. The molecule has 0 unspecified atom stereocenters. The van der Waals surface area contributed by atoms with Crippen molar-refractivity contribution in [3.8, 4) is 11.5 Å². The predicted octanol–water partition coefficient (Wildman–Crippen LogP) is 2.32. The van der Waals surface area contributed by atoms with Crippen molar-refractivity contribution in [3.63, 3.8) is 0 Å². The number of amides is 2. The molecule has 0 aliphatic rings. The number of rotatable bonds is 9. The summed E-state index contributed by atoms with van der Waals surface area (Å²) >= 11 is 0. The third-order valence-electron chi connectivity index (χ3n) is 3.90. The molecule has 0 spiro atoms. The lowest BCUT2D eigenvalue weighted by atomic mass is 10.1. The molecule has 0 aromatic heterocycles. The second kappa shape index (κ2) is 10.2. The monoisotopic (exact) mass is 374 g/mol. The molecule has 2 N–H and O–H groups in total. The van der Waals surface area contributed by atoms with E-state index in [1.54, 1.807) is 30.3 Å². The van der Waals surface area contributed by atoms with E-state index in [2.05, 4.69) is 10.6 Å². The Hall–Kier alpha value is -3.09. The number of hydrogen-bond acceptors (Lipinski definition) is 4. The van der Waals surface area contributed by atoms with Crippen LogP contribution in [0.5, 0.6) is 11.5 Å². The molecule has 0 saturated heterocycles. The van der Waals surface area contributed by atoms with Crippen molar-refractivity contribution in [2.24, 2.45) is 0 Å². The number of ether oxygens (including phenoxy) is 2. The van der Waals surface area contributed by atoms with E-state index < -0.39 is 0 Å². The molecule has 27 heavy (non-hydrogen) atoms. The number of halogens is 1. The first kappa shape index (κ1) is 20.2. The van der Waals surface area contributed by atoms with Crippen LogP contribution in [0.3, 0.4) is 0 Å². The molecule has 0 aliphatic heterocycles. The van der Waals surface area contributed by atoms with Crippen LogP contribution in [0, 0.1) is 5.82 Å². The number of hydrogen-bond donors (Lipinski definition) is 2. The van der Waals surface area contributed by atoms with Crippen LogP contribution in [0.25, 0.3) is 0 Å². The van der Waals surface area contributed by atoms with E-state index in [-0.39, 0.29) is 30.6 Å². The van der Waals surface area contributed by atoms with Gasteiger partial charge in [0.2, 0.25) is 5.91 Å². The minimum absolute atomic E-state index is 0.163. The number of methoxy groups -OCH3 is 2. The first-order chi connectivity index (χ1) is 13.0. The van der Waals surface area contributed by atoms with E-state index in [4.69, 9.17) is 9.47 Å². The standard InChI is InChI=1S/C20H23FN2O4/c1-26-17-11-15(12-18(13-17)27-2)20(25)23-10-8-19(24)22-9-7-14-3-5-16(21)6-4-14/h3-6,11-13H,7-10H2,1-2H3,(H,22,24)(H,23,25). The maximum absolute atomic E-state index is 12.8. The Morgan fingerprint density at radius 1 is 0.926 bits per heavy atom. The lowest BCUT2D eigenvalue weighted by Gasteiger charge is -2.09. The zero-order chi connectivity index (χ0) is 19.6. The average molecular weight is 374 g/mol. The van der Waals surface area contributed by atoms with E-state index in [1.165, 1.54) is 26.4 Å². The zero-order valence-electron chi connectivity index (χ0n) is 15.4. The van der Waals surface area contributed by atoms with Crippen molar-refractivity contribution in [2.75, 3.05) is 27.3 Å². The van der Waals surface area contributed by atoms with Crippen molar-refractivity contribution >= 4 is 11.8 Å². The quantitative estimate of drug-likeness (QED) is 0.706. The minimum Gasteiger partial charge on any atom is -0.497 e. The van der Waals surface area contributed by atoms with E-state index in [9.17, 15) is 14.0 Å². The van der Waals surface area contributed by atoms with Crippen LogP contribution < -0.4 is 20.1 Å². The Balaban J connectivity index is 1.72. The summed E-state index contributed by atoms with van der Waals surface area (Å²) < 4.78 is 23.1. The van der Waals surface area contributed by atoms with Crippen LogP contribution in [0.2, 0.25) is 0 Å². The first-order valence-electron chi connectivity index (χ1n) is 8.54. The van der Waals surface area contributed by atoms with E-state index in [0.717, 1.165) is 5.56 Å². The largest absolute Gasteiger partial charge is 0.497 e. The predicted molar refractivity (Wildman–Crippen MR) is 99.6 cm³/mol. The van der Waals surface area contributed by atoms with Gasteiger partial charge in [-0.3, -0.25) is 9.59 Å². The molecule has 2 aromatic rings. The fourth-order valence-corrected chi connectivity index (χ4v) is 2.42. The van der Waals surface area contributed by atoms with Gasteiger partial charge in [0.15, 0.2) is 0 Å². The molecule has 2 rings (SSSR count). The highest BCUT2D eigenvalue weighted by molar-refractivity contribution is 5.95. The van der Waals surface area contributed by atoms with Crippen LogP contribution in [0.4, 0.5) is 4.39 Å². The van der Waals surface area contributed by atoms with Gasteiger partial charge >= 0.3 is 0 Å². The number of carbonyl (C=O) groups is 2. The molecule has 2 amide bonds. The van der Waals surface area contributed by atoms with Gasteiger partial charge < -0.3 is 20.1 Å². The molecule has 0 atom stereocenters. The van der Waals surface area contributed by atoms with E-state index >= 15 is 0 Å². The van der Waals surface area contributed by atoms with Gasteiger partial charge in [-0.1, -0.05) is 12.1 Å². The molecule has 144 valence electrons. The van der Waals surface area contributed by atoms with Gasteiger partial charge in [0, 0.05) is 31.1 Å². The smallest absolute Gasteiger partial charge is 0.251 e. The number of nitrogens with one attached hydrogen (secondary N) is 2. The average Bonchev–Trinajstić information content (AvgIpc) is 2.68. The van der Waals surface area contributed by atoms with E-state index in [1.807, 2.05) is 0 Å². The zero-order valence-corrected chi connectivity index (χ0v) is 15.4. The molecule has 0 bridgehead atoms. The van der Waals surface area contributed by atoms with Crippen molar-refractivity contribution in [3.05, 3.63) is 59.4 Å². The van der Waals surface area contributed by atoms with Crippen LogP contribution in [-0.4, -0.2) is 39.1 Å². The summed E-state index contributed by atoms with van der Waals surface area (Å²) in [7, 11) is 3.01. The summed E-state index contributed by atoms with van der Waals surface area (Å²) in [6.45, 7) is 0.659. The highest BCUT2D eigenvalue weighted by Gasteiger charge is 2.10. The lowest BCUT2D eigenvalue weighted by Crippen LogP contribution is -2.31. The molecule has 0 radical (unpaired) electrons. The van der Waals surface area contributed by atoms with Gasteiger partial charge in [-0.05, 0) is 36.2 Å². The first-order valence-corrected chi connectivity index (χ1v) is 8.54. The highest BCUT2D eigenvalue weighted by Crippen LogP contribution is 2.22. The summed E-state index contributed by atoms with van der Waals surface area (Å²) in [6, 6.07) is 11.0. The Morgan fingerprint density at radius 2 is 1.56 bits per heavy atom. The SMILES string of the molecule is COc1cc(OC)cc(C(=O)NCCC(=O)NCCc2ccc(F)cc2)c1. The number of carbonyl (C=O) groups excluding carboxylic acids is 2. The molecule has 0 heterocycles. The molecule has 7 heteroatoms.